The van der Waals surface area contributed by atoms with Gasteiger partial charge in [-0.05, 0) is 17.5 Å². The van der Waals surface area contributed by atoms with E-state index < -0.39 is 10.1 Å². The molecule has 0 spiro atoms. The van der Waals surface area contributed by atoms with Crippen LogP contribution in [0.25, 0.3) is 10.8 Å². The van der Waals surface area contributed by atoms with Gasteiger partial charge in [-0.25, -0.2) is 0 Å². The Morgan fingerprint density at radius 2 is 1.74 bits per heavy atom. The minimum atomic E-state index is -4.35. The van der Waals surface area contributed by atoms with Crippen LogP contribution < -0.4 is 4.90 Å². The van der Waals surface area contributed by atoms with E-state index in [4.69, 9.17) is 0 Å². The molecule has 1 amide bonds. The highest BCUT2D eigenvalue weighted by atomic mass is 32.2. The van der Waals surface area contributed by atoms with Gasteiger partial charge in [0.05, 0.1) is 5.69 Å². The van der Waals surface area contributed by atoms with Gasteiger partial charge in [0.2, 0.25) is 5.91 Å². The van der Waals surface area contributed by atoms with E-state index in [9.17, 15) is 17.8 Å². The molecule has 0 atom stereocenters. The first-order valence-corrected chi connectivity index (χ1v) is 7.00. The molecule has 0 aromatic heterocycles. The highest BCUT2D eigenvalue weighted by Gasteiger charge is 2.19. The summed E-state index contributed by atoms with van der Waals surface area (Å²) in [6.45, 7) is 1.38. The molecule has 0 fully saturated rings. The molecule has 0 aliphatic carbocycles. The summed E-state index contributed by atoms with van der Waals surface area (Å²) in [6.07, 6.45) is 0. The number of carbonyl (C=O) groups excluding carboxylic acids is 1. The summed E-state index contributed by atoms with van der Waals surface area (Å²) < 4.78 is 32.2. The van der Waals surface area contributed by atoms with Gasteiger partial charge in [-0.1, -0.05) is 24.3 Å². The molecule has 0 radical (unpaired) electrons. The molecular weight excluding hydrogens is 266 g/mol. The Hall–Kier alpha value is -1.92. The average Bonchev–Trinajstić information content (AvgIpc) is 2.35. The van der Waals surface area contributed by atoms with E-state index in [1.54, 1.807) is 37.4 Å². The Balaban J connectivity index is 2.90. The van der Waals surface area contributed by atoms with Gasteiger partial charge in [0, 0.05) is 19.4 Å². The summed E-state index contributed by atoms with van der Waals surface area (Å²) in [4.78, 5) is 12.6. The van der Waals surface area contributed by atoms with Crippen molar-refractivity contribution in [3.05, 3.63) is 36.4 Å². The maximum atomic E-state index is 11.5. The number of carbonyl (C=O) groups is 1. The van der Waals surface area contributed by atoms with E-state index in [0.717, 1.165) is 0 Å². The first-order chi connectivity index (χ1) is 8.82. The zero-order valence-electron chi connectivity index (χ0n) is 10.5. The van der Waals surface area contributed by atoms with E-state index >= 15 is 0 Å². The third kappa shape index (κ3) is 2.45. The monoisotopic (exact) mass is 279 g/mol. The molecule has 1 N–H and O–H groups in total. The van der Waals surface area contributed by atoms with Crippen LogP contribution in [0, 0.1) is 0 Å². The van der Waals surface area contributed by atoms with Crippen molar-refractivity contribution in [1.29, 1.82) is 0 Å². The van der Waals surface area contributed by atoms with Crippen LogP contribution in [0.1, 0.15) is 6.92 Å². The number of hydrogen-bond acceptors (Lipinski definition) is 3. The van der Waals surface area contributed by atoms with Gasteiger partial charge in [-0.2, -0.15) is 8.42 Å². The fourth-order valence-electron chi connectivity index (χ4n) is 1.95. The molecule has 0 aliphatic heterocycles. The van der Waals surface area contributed by atoms with Crippen molar-refractivity contribution in [1.82, 2.24) is 0 Å². The Morgan fingerprint density at radius 3 is 2.26 bits per heavy atom. The fraction of sp³-hybridized carbons (Fsp3) is 0.154. The SMILES string of the molecule is CC(=O)N(C)c1cccc2cccc(S(=O)(=O)O)c12. The van der Waals surface area contributed by atoms with Gasteiger partial charge in [0.25, 0.3) is 10.1 Å². The molecule has 0 heterocycles. The van der Waals surface area contributed by atoms with Crippen molar-refractivity contribution in [2.24, 2.45) is 0 Å². The lowest BCUT2D eigenvalue weighted by Crippen LogP contribution is -2.23. The van der Waals surface area contributed by atoms with E-state index in [1.807, 2.05) is 0 Å². The van der Waals surface area contributed by atoms with Crippen LogP contribution in [0.15, 0.2) is 41.3 Å². The van der Waals surface area contributed by atoms with Gasteiger partial charge in [0.15, 0.2) is 0 Å². The minimum absolute atomic E-state index is 0.200. The summed E-state index contributed by atoms with van der Waals surface area (Å²) in [5.41, 5.74) is 0.443. The molecule has 0 aliphatic rings. The van der Waals surface area contributed by atoms with Gasteiger partial charge in [-0.15, -0.1) is 0 Å². The lowest BCUT2D eigenvalue weighted by molar-refractivity contribution is -0.116. The average molecular weight is 279 g/mol. The van der Waals surface area contributed by atoms with E-state index in [1.165, 1.54) is 17.9 Å². The molecule has 2 aromatic carbocycles. The minimum Gasteiger partial charge on any atom is -0.315 e. The first kappa shape index (κ1) is 13.5. The largest absolute Gasteiger partial charge is 0.315 e. The number of hydrogen-bond donors (Lipinski definition) is 1. The number of amides is 1. The molecule has 6 heteroatoms. The second-order valence-corrected chi connectivity index (χ2v) is 5.57. The predicted octanol–water partition coefficient (Wildman–Crippen LogP) is 2.07. The van der Waals surface area contributed by atoms with Crippen LogP contribution in [-0.4, -0.2) is 25.9 Å². The molecule has 19 heavy (non-hydrogen) atoms. The number of fused-ring (bicyclic) bond motifs is 1. The molecule has 5 nitrogen and oxygen atoms in total. The second-order valence-electron chi connectivity index (χ2n) is 4.18. The van der Waals surface area contributed by atoms with E-state index in [-0.39, 0.29) is 10.8 Å². The van der Waals surface area contributed by atoms with Crippen molar-refractivity contribution in [2.45, 2.75) is 11.8 Å². The second kappa shape index (κ2) is 4.64. The quantitative estimate of drug-likeness (QED) is 0.854. The highest BCUT2D eigenvalue weighted by molar-refractivity contribution is 7.86. The zero-order chi connectivity index (χ0) is 14.2. The van der Waals surface area contributed by atoms with Crippen LogP contribution in [0.2, 0.25) is 0 Å². The standard InChI is InChI=1S/C13H13NO4S/c1-9(15)14(2)11-7-3-5-10-6-4-8-12(13(10)11)19(16,17)18/h3-8H,1-2H3,(H,16,17,18). The summed E-state index contributed by atoms with van der Waals surface area (Å²) in [5, 5.41) is 0.978. The molecule has 0 saturated carbocycles. The molecule has 2 aromatic rings. The molecule has 0 saturated heterocycles. The van der Waals surface area contributed by atoms with Crippen LogP contribution in [-0.2, 0) is 14.9 Å². The molecule has 2 rings (SSSR count). The lowest BCUT2D eigenvalue weighted by atomic mass is 10.1. The first-order valence-electron chi connectivity index (χ1n) is 5.56. The van der Waals surface area contributed by atoms with Gasteiger partial charge < -0.3 is 4.90 Å². The summed E-state index contributed by atoms with van der Waals surface area (Å²) in [7, 11) is -2.80. The van der Waals surface area contributed by atoms with E-state index in [2.05, 4.69) is 0 Å². The highest BCUT2D eigenvalue weighted by Crippen LogP contribution is 2.31. The Kier molecular flexibility index (Phi) is 3.30. The molecule has 0 bridgehead atoms. The number of benzene rings is 2. The maximum Gasteiger partial charge on any atom is 0.295 e. The van der Waals surface area contributed by atoms with Crippen molar-refractivity contribution in [3.63, 3.8) is 0 Å². The summed E-state index contributed by atoms with van der Waals surface area (Å²) >= 11 is 0. The van der Waals surface area contributed by atoms with Crippen molar-refractivity contribution >= 4 is 32.5 Å². The fourth-order valence-corrected chi connectivity index (χ4v) is 2.68. The Morgan fingerprint density at radius 1 is 1.16 bits per heavy atom. The normalized spacial score (nSPS) is 11.5. The van der Waals surface area contributed by atoms with Crippen molar-refractivity contribution < 1.29 is 17.8 Å². The van der Waals surface area contributed by atoms with Crippen LogP contribution in [0.4, 0.5) is 5.69 Å². The Labute approximate surface area is 111 Å². The topological polar surface area (TPSA) is 74.7 Å². The molecular formula is C13H13NO4S. The number of nitrogens with zero attached hydrogens (tertiary/aromatic N) is 1. The van der Waals surface area contributed by atoms with Gasteiger partial charge in [0.1, 0.15) is 4.90 Å². The summed E-state index contributed by atoms with van der Waals surface area (Å²) in [5.74, 6) is -0.224. The number of rotatable bonds is 2. The third-order valence-corrected chi connectivity index (χ3v) is 3.85. The van der Waals surface area contributed by atoms with Crippen molar-refractivity contribution in [3.8, 4) is 0 Å². The van der Waals surface area contributed by atoms with Crippen LogP contribution in [0.5, 0.6) is 0 Å². The molecule has 0 unspecified atom stereocenters. The number of anilines is 1. The summed E-state index contributed by atoms with van der Waals surface area (Å²) in [6, 6.07) is 9.67. The van der Waals surface area contributed by atoms with Gasteiger partial charge >= 0.3 is 0 Å². The van der Waals surface area contributed by atoms with E-state index in [0.29, 0.717) is 16.5 Å². The third-order valence-electron chi connectivity index (χ3n) is 2.96. The Bertz CT molecular complexity index is 747. The lowest BCUT2D eigenvalue weighted by Gasteiger charge is -2.18. The van der Waals surface area contributed by atoms with Crippen molar-refractivity contribution in [2.75, 3.05) is 11.9 Å². The smallest absolute Gasteiger partial charge is 0.295 e. The zero-order valence-corrected chi connectivity index (χ0v) is 11.3. The molecule has 100 valence electrons. The predicted molar refractivity (Wildman–Crippen MR) is 72.8 cm³/mol. The maximum absolute atomic E-state index is 11.5. The van der Waals surface area contributed by atoms with Gasteiger partial charge in [-0.3, -0.25) is 9.35 Å². The van der Waals surface area contributed by atoms with Crippen LogP contribution in [0.3, 0.4) is 0 Å². The van der Waals surface area contributed by atoms with Crippen LogP contribution >= 0.6 is 0 Å².